The molecule has 1 aliphatic rings. The Kier molecular flexibility index (Phi) is 7.80. The van der Waals surface area contributed by atoms with Gasteiger partial charge < -0.3 is 29.5 Å². The summed E-state index contributed by atoms with van der Waals surface area (Å²) in [5, 5.41) is 19.3. The van der Waals surface area contributed by atoms with E-state index in [2.05, 4.69) is 27.0 Å². The number of benzene rings is 2. The molecule has 3 heterocycles. The van der Waals surface area contributed by atoms with Crippen molar-refractivity contribution in [3.05, 3.63) is 67.1 Å². The Morgan fingerprint density at radius 1 is 1.15 bits per heavy atom. The van der Waals surface area contributed by atoms with Gasteiger partial charge in [-0.2, -0.15) is 0 Å². The van der Waals surface area contributed by atoms with Crippen LogP contribution in [-0.4, -0.2) is 62.0 Å². The molecule has 0 saturated carbocycles. The Balaban J connectivity index is 1.46. The van der Waals surface area contributed by atoms with E-state index in [-0.39, 0.29) is 12.0 Å². The highest BCUT2D eigenvalue weighted by atomic mass is 16.5. The lowest BCUT2D eigenvalue weighted by Gasteiger charge is -2.31. The van der Waals surface area contributed by atoms with Crippen molar-refractivity contribution in [2.24, 2.45) is 7.05 Å². The SMILES string of the molecule is C=CC(=O)N1CCC(Oc2cc3c(Nc4cc(Oc5ccn(C)n5)ccc4C(C)(C)O)ncnc3cc2OC)CC1. The first-order chi connectivity index (χ1) is 19.6. The molecule has 0 aliphatic carbocycles. The molecule has 11 heteroatoms. The molecule has 0 bridgehead atoms. The van der Waals surface area contributed by atoms with Gasteiger partial charge in [-0.05, 0) is 32.1 Å². The third-order valence-electron chi connectivity index (χ3n) is 6.96. The van der Waals surface area contributed by atoms with Crippen LogP contribution in [0.25, 0.3) is 10.9 Å². The number of ether oxygens (including phenoxy) is 3. The van der Waals surface area contributed by atoms with Gasteiger partial charge in [-0.3, -0.25) is 9.48 Å². The normalized spacial score (nSPS) is 14.1. The van der Waals surface area contributed by atoms with Gasteiger partial charge in [-0.15, -0.1) is 5.10 Å². The number of carbonyl (C=O) groups is 1. The lowest BCUT2D eigenvalue weighted by molar-refractivity contribution is -0.127. The smallest absolute Gasteiger partial charge is 0.245 e. The standard InChI is InChI=1S/C30H34N6O5/c1-6-28(37)36-13-9-19(10-14-36)40-26-16-21-23(17-25(26)39-5)31-18-32-29(21)33-24-15-20(7-8-22(24)30(2,3)38)41-27-11-12-35(4)34-27/h6-8,11-12,15-19,38H,1,9-10,13-14H2,2-5H3,(H,31,32,33). The first kappa shape index (κ1) is 27.9. The molecule has 11 nitrogen and oxygen atoms in total. The van der Waals surface area contributed by atoms with Gasteiger partial charge in [0.15, 0.2) is 11.5 Å². The average molecular weight is 559 g/mol. The van der Waals surface area contributed by atoms with Crippen molar-refractivity contribution in [3.63, 3.8) is 0 Å². The highest BCUT2D eigenvalue weighted by Gasteiger charge is 2.25. The zero-order valence-corrected chi connectivity index (χ0v) is 23.6. The molecule has 2 N–H and O–H groups in total. The zero-order valence-electron chi connectivity index (χ0n) is 23.6. The second-order valence-corrected chi connectivity index (χ2v) is 10.4. The molecule has 2 aromatic heterocycles. The van der Waals surface area contributed by atoms with Crippen LogP contribution in [-0.2, 0) is 17.4 Å². The van der Waals surface area contributed by atoms with Crippen LogP contribution in [0.2, 0.25) is 0 Å². The van der Waals surface area contributed by atoms with Gasteiger partial charge in [0.1, 0.15) is 24.0 Å². The molecule has 214 valence electrons. The van der Waals surface area contributed by atoms with E-state index in [1.165, 1.54) is 12.4 Å². The Bertz CT molecular complexity index is 1570. The summed E-state index contributed by atoms with van der Waals surface area (Å²) < 4.78 is 19.6. The summed E-state index contributed by atoms with van der Waals surface area (Å²) in [6.45, 7) is 8.20. The van der Waals surface area contributed by atoms with E-state index in [1.54, 1.807) is 54.9 Å². The monoisotopic (exact) mass is 558 g/mol. The van der Waals surface area contributed by atoms with Gasteiger partial charge in [0.05, 0.1) is 18.2 Å². The summed E-state index contributed by atoms with van der Waals surface area (Å²) in [5.74, 6) is 2.56. The predicted octanol–water partition coefficient (Wildman–Crippen LogP) is 4.69. The molecule has 0 spiro atoms. The topological polar surface area (TPSA) is 124 Å². The van der Waals surface area contributed by atoms with Crippen molar-refractivity contribution in [1.82, 2.24) is 24.6 Å². The van der Waals surface area contributed by atoms with Gasteiger partial charge >= 0.3 is 0 Å². The van der Waals surface area contributed by atoms with Crippen molar-refractivity contribution in [1.29, 1.82) is 0 Å². The van der Waals surface area contributed by atoms with Crippen LogP contribution >= 0.6 is 0 Å². The average Bonchev–Trinajstić information content (AvgIpc) is 3.36. The second-order valence-electron chi connectivity index (χ2n) is 10.4. The Morgan fingerprint density at radius 2 is 1.93 bits per heavy atom. The largest absolute Gasteiger partial charge is 0.493 e. The van der Waals surface area contributed by atoms with Gasteiger partial charge in [-0.1, -0.05) is 12.6 Å². The minimum absolute atomic E-state index is 0.0699. The lowest BCUT2D eigenvalue weighted by atomic mass is 9.96. The highest BCUT2D eigenvalue weighted by Crippen LogP contribution is 2.38. The van der Waals surface area contributed by atoms with Crippen LogP contribution in [0, 0.1) is 0 Å². The number of aliphatic hydroxyl groups is 1. The number of methoxy groups -OCH3 is 1. The summed E-state index contributed by atoms with van der Waals surface area (Å²) in [6, 6.07) is 10.8. The Labute approximate surface area is 238 Å². The first-order valence-corrected chi connectivity index (χ1v) is 13.4. The minimum atomic E-state index is -1.14. The van der Waals surface area contributed by atoms with Crippen LogP contribution in [0.1, 0.15) is 32.3 Å². The number of rotatable bonds is 9. The number of nitrogens with one attached hydrogen (secondary N) is 1. The fourth-order valence-electron chi connectivity index (χ4n) is 4.84. The van der Waals surface area contributed by atoms with Crippen LogP contribution in [0.4, 0.5) is 11.5 Å². The fourth-order valence-corrected chi connectivity index (χ4v) is 4.84. The maximum Gasteiger partial charge on any atom is 0.245 e. The lowest BCUT2D eigenvalue weighted by Crippen LogP contribution is -2.41. The van der Waals surface area contributed by atoms with Gasteiger partial charge in [0.2, 0.25) is 11.8 Å². The molecule has 41 heavy (non-hydrogen) atoms. The number of likely N-dealkylation sites (tertiary alicyclic amines) is 1. The van der Waals surface area contributed by atoms with E-state index in [4.69, 9.17) is 14.2 Å². The Hall–Kier alpha value is -4.64. The fraction of sp³-hybridized carbons (Fsp3) is 0.333. The summed E-state index contributed by atoms with van der Waals surface area (Å²) in [5.41, 5.74) is 0.782. The van der Waals surface area contributed by atoms with Crippen LogP contribution in [0.5, 0.6) is 23.1 Å². The van der Waals surface area contributed by atoms with Crippen molar-refractivity contribution < 1.29 is 24.1 Å². The van der Waals surface area contributed by atoms with E-state index in [0.717, 1.165) is 0 Å². The third kappa shape index (κ3) is 6.25. The molecule has 0 unspecified atom stereocenters. The minimum Gasteiger partial charge on any atom is -0.493 e. The number of aryl methyl sites for hydroxylation is 1. The second kappa shape index (κ2) is 11.5. The van der Waals surface area contributed by atoms with Crippen molar-refractivity contribution in [2.45, 2.75) is 38.4 Å². The van der Waals surface area contributed by atoms with Gasteiger partial charge in [0, 0.05) is 74.0 Å². The number of hydrogen-bond acceptors (Lipinski definition) is 9. The van der Waals surface area contributed by atoms with E-state index >= 15 is 0 Å². The summed E-state index contributed by atoms with van der Waals surface area (Å²) >= 11 is 0. The maximum absolute atomic E-state index is 12.0. The number of carbonyl (C=O) groups excluding carboxylic acids is 1. The van der Waals surface area contributed by atoms with E-state index in [0.29, 0.717) is 77.0 Å². The van der Waals surface area contributed by atoms with Crippen LogP contribution < -0.4 is 19.5 Å². The van der Waals surface area contributed by atoms with Crippen molar-refractivity contribution in [2.75, 3.05) is 25.5 Å². The van der Waals surface area contributed by atoms with Gasteiger partial charge in [0.25, 0.3) is 0 Å². The molecule has 2 aromatic carbocycles. The molecule has 0 atom stereocenters. The summed E-state index contributed by atoms with van der Waals surface area (Å²) in [7, 11) is 3.40. The third-order valence-corrected chi connectivity index (χ3v) is 6.96. The molecule has 1 aliphatic heterocycles. The highest BCUT2D eigenvalue weighted by molar-refractivity contribution is 5.93. The Morgan fingerprint density at radius 3 is 2.59 bits per heavy atom. The molecular formula is C30H34N6O5. The molecule has 1 fully saturated rings. The van der Waals surface area contributed by atoms with E-state index < -0.39 is 5.60 Å². The van der Waals surface area contributed by atoms with Crippen molar-refractivity contribution >= 4 is 28.3 Å². The number of fused-ring (bicyclic) bond motifs is 1. The number of nitrogens with zero attached hydrogens (tertiary/aromatic N) is 5. The molecular weight excluding hydrogens is 524 g/mol. The number of anilines is 2. The molecule has 0 radical (unpaired) electrons. The number of amides is 1. The molecule has 1 amide bonds. The molecule has 1 saturated heterocycles. The maximum atomic E-state index is 12.0. The quantitative estimate of drug-likeness (QED) is 0.282. The first-order valence-electron chi connectivity index (χ1n) is 13.4. The summed E-state index contributed by atoms with van der Waals surface area (Å²) in [4.78, 5) is 22.7. The van der Waals surface area contributed by atoms with E-state index in [1.807, 2.05) is 25.2 Å². The number of aromatic nitrogens is 4. The van der Waals surface area contributed by atoms with Crippen LogP contribution in [0.15, 0.2) is 61.6 Å². The predicted molar refractivity (Wildman–Crippen MR) is 155 cm³/mol. The number of hydrogen-bond donors (Lipinski definition) is 2. The summed E-state index contributed by atoms with van der Waals surface area (Å²) in [6.07, 6.45) is 5.90. The van der Waals surface area contributed by atoms with Crippen LogP contribution in [0.3, 0.4) is 0 Å². The zero-order chi connectivity index (χ0) is 29.1. The molecule has 5 rings (SSSR count). The number of piperidine rings is 1. The van der Waals surface area contributed by atoms with Crippen molar-refractivity contribution in [3.8, 4) is 23.1 Å². The molecule has 4 aromatic rings. The van der Waals surface area contributed by atoms with Gasteiger partial charge in [-0.25, -0.2) is 9.97 Å². The van der Waals surface area contributed by atoms with E-state index in [9.17, 15) is 9.90 Å².